The minimum absolute atomic E-state index is 0. The van der Waals surface area contributed by atoms with Gasteiger partial charge in [-0.25, -0.2) is 9.18 Å². The Morgan fingerprint density at radius 2 is 1.90 bits per heavy atom. The highest BCUT2D eigenvalue weighted by atomic mass is 35.5. The molecule has 1 amide bonds. The second kappa shape index (κ2) is 10.2. The van der Waals surface area contributed by atoms with Crippen LogP contribution in [0.1, 0.15) is 29.6 Å². The van der Waals surface area contributed by atoms with Crippen molar-refractivity contribution >= 4 is 18.3 Å². The number of hydrogen-bond donors (Lipinski definition) is 2. The molecule has 2 aliphatic heterocycles. The highest BCUT2D eigenvalue weighted by molar-refractivity contribution is 5.94. The number of aromatic nitrogens is 2. The van der Waals surface area contributed by atoms with Crippen molar-refractivity contribution in [1.82, 2.24) is 19.8 Å². The molecule has 0 bridgehead atoms. The molecule has 0 unspecified atom stereocenters. The van der Waals surface area contributed by atoms with Gasteiger partial charge in [-0.2, -0.15) is 0 Å². The van der Waals surface area contributed by atoms with Gasteiger partial charge in [0.05, 0.1) is 17.9 Å². The molecular formula is C21H26ClFN4O4. The number of carbonyl (C=O) groups is 1. The topological polar surface area (TPSA) is 96.4 Å². The van der Waals surface area contributed by atoms with Gasteiger partial charge in [-0.15, -0.1) is 12.4 Å². The quantitative estimate of drug-likeness (QED) is 0.728. The van der Waals surface area contributed by atoms with Crippen LogP contribution in [0.3, 0.4) is 0 Å². The van der Waals surface area contributed by atoms with Crippen LogP contribution >= 0.6 is 12.4 Å². The number of carbonyl (C=O) groups excluding carboxylic acids is 1. The Morgan fingerprint density at radius 1 is 1.13 bits per heavy atom. The average Bonchev–Trinajstić information content (AvgIpc) is 2.75. The molecule has 1 aromatic heterocycles. The molecule has 2 aromatic rings. The molecule has 1 aromatic carbocycles. The number of amides is 1. The van der Waals surface area contributed by atoms with Crippen LogP contribution in [0.25, 0.3) is 5.69 Å². The molecule has 2 N–H and O–H groups in total. The number of hydrogen-bond acceptors (Lipinski definition) is 5. The summed E-state index contributed by atoms with van der Waals surface area (Å²) >= 11 is 0. The van der Waals surface area contributed by atoms with Gasteiger partial charge in [0.15, 0.2) is 0 Å². The summed E-state index contributed by atoms with van der Waals surface area (Å²) < 4.78 is 21.2. The number of piperidine rings is 2. The molecule has 168 valence electrons. The maximum absolute atomic E-state index is 14.0. The van der Waals surface area contributed by atoms with Crippen molar-refractivity contribution in [2.45, 2.75) is 37.6 Å². The van der Waals surface area contributed by atoms with E-state index in [0.717, 1.165) is 6.54 Å². The van der Waals surface area contributed by atoms with E-state index in [0.29, 0.717) is 50.1 Å². The lowest BCUT2D eigenvalue weighted by Gasteiger charge is -2.36. The molecule has 2 fully saturated rings. The van der Waals surface area contributed by atoms with Crippen LogP contribution in [-0.4, -0.2) is 64.9 Å². The average molecular weight is 453 g/mol. The molecule has 2 saturated heterocycles. The van der Waals surface area contributed by atoms with Crippen molar-refractivity contribution in [3.63, 3.8) is 0 Å². The third-order valence-corrected chi connectivity index (χ3v) is 5.64. The molecule has 3 heterocycles. The van der Waals surface area contributed by atoms with Gasteiger partial charge in [0.1, 0.15) is 6.17 Å². The van der Waals surface area contributed by atoms with Crippen molar-refractivity contribution in [3.05, 3.63) is 62.9 Å². The lowest BCUT2D eigenvalue weighted by atomic mass is 10.0. The van der Waals surface area contributed by atoms with Crippen molar-refractivity contribution < 1.29 is 13.9 Å². The fourth-order valence-corrected chi connectivity index (χ4v) is 3.98. The predicted molar refractivity (Wildman–Crippen MR) is 116 cm³/mol. The highest BCUT2D eigenvalue weighted by Crippen LogP contribution is 2.22. The Labute approximate surface area is 184 Å². The Bertz CT molecular complexity index is 1020. The lowest BCUT2D eigenvalue weighted by molar-refractivity contribution is -0.0803. The van der Waals surface area contributed by atoms with Crippen LogP contribution in [-0.2, 0) is 4.74 Å². The zero-order valence-corrected chi connectivity index (χ0v) is 17.8. The van der Waals surface area contributed by atoms with Crippen LogP contribution in [0, 0.1) is 0 Å². The highest BCUT2D eigenvalue weighted by Gasteiger charge is 2.31. The molecule has 2 atom stereocenters. The summed E-state index contributed by atoms with van der Waals surface area (Å²) in [5.74, 6) is -0.127. The second-order valence-corrected chi connectivity index (χ2v) is 7.71. The number of aromatic amines is 1. The number of nitrogens with one attached hydrogen (secondary N) is 2. The first-order valence-corrected chi connectivity index (χ1v) is 10.2. The number of benzene rings is 1. The summed E-state index contributed by atoms with van der Waals surface area (Å²) in [6.07, 6.45) is 1.98. The molecule has 4 rings (SSSR count). The number of H-pyrrole nitrogens is 1. The van der Waals surface area contributed by atoms with E-state index in [-0.39, 0.29) is 30.5 Å². The number of alkyl halides is 1. The molecule has 0 aliphatic carbocycles. The van der Waals surface area contributed by atoms with Gasteiger partial charge in [-0.1, -0.05) is 6.07 Å². The predicted octanol–water partition coefficient (Wildman–Crippen LogP) is 1.27. The first-order valence-electron chi connectivity index (χ1n) is 10.2. The van der Waals surface area contributed by atoms with Gasteiger partial charge >= 0.3 is 5.69 Å². The Balaban J connectivity index is 0.00000272. The normalized spacial score (nSPS) is 22.0. The van der Waals surface area contributed by atoms with Crippen molar-refractivity contribution in [3.8, 4) is 5.69 Å². The van der Waals surface area contributed by atoms with E-state index in [2.05, 4.69) is 10.3 Å². The molecule has 0 radical (unpaired) electrons. The van der Waals surface area contributed by atoms with Crippen LogP contribution in [0.5, 0.6) is 0 Å². The monoisotopic (exact) mass is 452 g/mol. The van der Waals surface area contributed by atoms with Gasteiger partial charge < -0.3 is 15.0 Å². The first-order chi connectivity index (χ1) is 14.5. The molecule has 0 spiro atoms. The fourth-order valence-electron chi connectivity index (χ4n) is 3.98. The summed E-state index contributed by atoms with van der Waals surface area (Å²) in [4.78, 5) is 40.2. The number of halogens is 2. The van der Waals surface area contributed by atoms with Crippen LogP contribution in [0.2, 0.25) is 0 Å². The summed E-state index contributed by atoms with van der Waals surface area (Å²) in [6, 6.07) is 7.99. The summed E-state index contributed by atoms with van der Waals surface area (Å²) in [6.45, 7) is 2.16. The van der Waals surface area contributed by atoms with E-state index in [1.165, 1.54) is 16.8 Å². The molecular weight excluding hydrogens is 427 g/mol. The maximum Gasteiger partial charge on any atom is 0.332 e. The summed E-state index contributed by atoms with van der Waals surface area (Å²) in [7, 11) is 0. The molecule has 10 heteroatoms. The largest absolute Gasteiger partial charge is 0.372 e. The number of ether oxygens (including phenoxy) is 1. The van der Waals surface area contributed by atoms with E-state index in [4.69, 9.17) is 4.74 Å². The van der Waals surface area contributed by atoms with E-state index < -0.39 is 17.4 Å². The Kier molecular flexibility index (Phi) is 7.64. The van der Waals surface area contributed by atoms with Crippen molar-refractivity contribution in [2.75, 3.05) is 26.2 Å². The van der Waals surface area contributed by atoms with E-state index >= 15 is 0 Å². The third-order valence-electron chi connectivity index (χ3n) is 5.64. The number of likely N-dealkylation sites (tertiary alicyclic amines) is 1. The minimum Gasteiger partial charge on any atom is -0.372 e. The van der Waals surface area contributed by atoms with E-state index in [9.17, 15) is 18.8 Å². The van der Waals surface area contributed by atoms with Crippen LogP contribution in [0.4, 0.5) is 4.39 Å². The maximum atomic E-state index is 14.0. The van der Waals surface area contributed by atoms with Gasteiger partial charge in [0.2, 0.25) is 0 Å². The molecule has 2 aliphatic rings. The smallest absolute Gasteiger partial charge is 0.332 e. The van der Waals surface area contributed by atoms with Crippen molar-refractivity contribution in [2.24, 2.45) is 0 Å². The van der Waals surface area contributed by atoms with Gasteiger partial charge in [0, 0.05) is 37.5 Å². The fraction of sp³-hybridized carbons (Fsp3) is 0.476. The number of rotatable bonds is 4. The Hall–Kier alpha value is -2.49. The lowest BCUT2D eigenvalue weighted by Crippen LogP contribution is -2.47. The molecule has 0 saturated carbocycles. The second-order valence-electron chi connectivity index (χ2n) is 7.71. The van der Waals surface area contributed by atoms with Crippen molar-refractivity contribution in [1.29, 1.82) is 0 Å². The van der Waals surface area contributed by atoms with Crippen LogP contribution in [0.15, 0.2) is 46.1 Å². The summed E-state index contributed by atoms with van der Waals surface area (Å²) in [5, 5.41) is 3.02. The van der Waals surface area contributed by atoms with E-state index in [1.807, 2.05) is 0 Å². The van der Waals surface area contributed by atoms with Gasteiger partial charge in [-0.05, 0) is 44.0 Å². The molecule has 8 nitrogen and oxygen atoms in total. The minimum atomic E-state index is -0.988. The van der Waals surface area contributed by atoms with Crippen LogP contribution < -0.4 is 16.6 Å². The van der Waals surface area contributed by atoms with E-state index in [1.54, 1.807) is 29.2 Å². The Morgan fingerprint density at radius 3 is 2.61 bits per heavy atom. The zero-order valence-electron chi connectivity index (χ0n) is 17.0. The standard InChI is InChI=1S/C21H25FN4O4.ClH/c22-17-13-23-8-4-18(17)30-16-5-9-25(10-6-16)20(28)14-2-1-3-15(12-14)26-11-7-19(27)24-21(26)29;/h1-3,7,11-12,16-18,23H,4-6,8-10,13H2,(H,24,27,29);1H/t17-,18-;/m1./s1. The molecule has 31 heavy (non-hydrogen) atoms. The number of nitrogens with zero attached hydrogens (tertiary/aromatic N) is 2. The van der Waals surface area contributed by atoms with Gasteiger partial charge in [-0.3, -0.25) is 19.1 Å². The van der Waals surface area contributed by atoms with Gasteiger partial charge in [0.25, 0.3) is 11.5 Å². The third kappa shape index (κ3) is 5.41. The first kappa shape index (κ1) is 23.2. The summed E-state index contributed by atoms with van der Waals surface area (Å²) in [5.41, 5.74) is -0.0707. The zero-order chi connectivity index (χ0) is 21.1. The SMILES string of the molecule is Cl.O=C(c1cccc(-n2ccc(=O)[nH]c2=O)c1)N1CCC(O[C@@H]2CCNC[C@H]2F)CC1.